The van der Waals surface area contributed by atoms with E-state index in [0.717, 1.165) is 30.8 Å². The first-order chi connectivity index (χ1) is 6.27. The Kier molecular flexibility index (Phi) is 2.00. The van der Waals surface area contributed by atoms with Crippen LogP contribution in [0.5, 0.6) is 0 Å². The number of amides is 1. The molecule has 0 radical (unpaired) electrons. The van der Waals surface area contributed by atoms with Crippen molar-refractivity contribution < 1.29 is 4.79 Å². The Labute approximate surface area is 77.4 Å². The lowest BCUT2D eigenvalue weighted by molar-refractivity contribution is 0.0651. The molecule has 0 saturated carbocycles. The van der Waals surface area contributed by atoms with Gasteiger partial charge >= 0.3 is 0 Å². The minimum absolute atomic E-state index is 0.136. The van der Waals surface area contributed by atoms with E-state index in [-0.39, 0.29) is 5.91 Å². The van der Waals surface area contributed by atoms with Gasteiger partial charge in [0, 0.05) is 30.5 Å². The molecule has 0 bridgehead atoms. The number of hydrogen-bond donors (Lipinski definition) is 0. The third-order valence-corrected chi connectivity index (χ3v) is 2.29. The van der Waals surface area contributed by atoms with E-state index in [9.17, 15) is 4.79 Å². The highest BCUT2D eigenvalue weighted by molar-refractivity contribution is 5.94. The zero-order valence-electron chi connectivity index (χ0n) is 7.66. The molecule has 0 spiro atoms. The fraction of sp³-hybridized carbons (Fsp3) is 0.400. The number of carbonyl (C=O) groups excluding carboxylic acids is 1. The molecule has 13 heavy (non-hydrogen) atoms. The molecule has 1 aliphatic rings. The van der Waals surface area contributed by atoms with Crippen LogP contribution in [0.3, 0.4) is 0 Å². The minimum Gasteiger partial charge on any atom is -0.339 e. The first kappa shape index (κ1) is 8.23. The number of likely N-dealkylation sites (tertiary alicyclic amines) is 1. The third-order valence-electron chi connectivity index (χ3n) is 2.29. The summed E-state index contributed by atoms with van der Waals surface area (Å²) in [5.41, 5.74) is 1.65. The van der Waals surface area contributed by atoms with E-state index in [1.165, 1.54) is 0 Å². The predicted molar refractivity (Wildman–Crippen MR) is 49.5 cm³/mol. The molecule has 0 N–H and O–H groups in total. The molecule has 1 amide bonds. The van der Waals surface area contributed by atoms with Crippen LogP contribution in [0.1, 0.15) is 22.5 Å². The van der Waals surface area contributed by atoms with Gasteiger partial charge in [0.15, 0.2) is 0 Å². The lowest BCUT2D eigenvalue weighted by Gasteiger charge is -2.30. The highest BCUT2D eigenvalue weighted by Crippen LogP contribution is 2.12. The second-order valence-corrected chi connectivity index (χ2v) is 3.33. The van der Waals surface area contributed by atoms with Crippen molar-refractivity contribution in [2.75, 3.05) is 13.1 Å². The van der Waals surface area contributed by atoms with E-state index in [4.69, 9.17) is 0 Å². The summed E-state index contributed by atoms with van der Waals surface area (Å²) >= 11 is 0. The van der Waals surface area contributed by atoms with Crippen LogP contribution in [0.2, 0.25) is 0 Å². The molecule has 2 heterocycles. The molecule has 1 saturated heterocycles. The summed E-state index contributed by atoms with van der Waals surface area (Å²) in [4.78, 5) is 17.6. The summed E-state index contributed by atoms with van der Waals surface area (Å²) in [7, 11) is 0. The Balaban J connectivity index is 2.19. The smallest absolute Gasteiger partial charge is 0.253 e. The largest absolute Gasteiger partial charge is 0.339 e. The predicted octanol–water partition coefficient (Wildman–Crippen LogP) is 1.24. The lowest BCUT2D eigenvalue weighted by atomic mass is 10.1. The zero-order chi connectivity index (χ0) is 9.26. The van der Waals surface area contributed by atoms with Gasteiger partial charge in [-0.2, -0.15) is 0 Å². The average Bonchev–Trinajstić information content (AvgIpc) is 2.01. The van der Waals surface area contributed by atoms with Crippen molar-refractivity contribution >= 4 is 5.91 Å². The van der Waals surface area contributed by atoms with E-state index >= 15 is 0 Å². The van der Waals surface area contributed by atoms with E-state index in [1.807, 2.05) is 17.9 Å². The van der Waals surface area contributed by atoms with Gasteiger partial charge in [-0.3, -0.25) is 9.78 Å². The van der Waals surface area contributed by atoms with Crippen molar-refractivity contribution in [2.45, 2.75) is 13.3 Å². The molecular formula is C10H12N2O. The molecule has 1 aromatic heterocycles. The summed E-state index contributed by atoms with van der Waals surface area (Å²) in [6.07, 6.45) is 2.82. The Morgan fingerprint density at radius 2 is 2.31 bits per heavy atom. The number of pyridine rings is 1. The molecule has 1 aliphatic heterocycles. The monoisotopic (exact) mass is 176 g/mol. The maximum atomic E-state index is 11.7. The lowest BCUT2D eigenvalue weighted by Crippen LogP contribution is -2.42. The summed E-state index contributed by atoms with van der Waals surface area (Å²) in [5, 5.41) is 0. The maximum absolute atomic E-state index is 11.7. The normalized spacial score (nSPS) is 15.3. The molecule has 3 nitrogen and oxygen atoms in total. The first-order valence-electron chi connectivity index (χ1n) is 4.49. The Morgan fingerprint density at radius 3 is 2.85 bits per heavy atom. The van der Waals surface area contributed by atoms with Gasteiger partial charge in [-0.05, 0) is 25.5 Å². The molecule has 1 aromatic rings. The highest BCUT2D eigenvalue weighted by atomic mass is 16.2. The Bertz CT molecular complexity index is 331. The van der Waals surface area contributed by atoms with Crippen LogP contribution in [0.25, 0.3) is 0 Å². The van der Waals surface area contributed by atoms with Gasteiger partial charge < -0.3 is 4.90 Å². The van der Waals surface area contributed by atoms with Gasteiger partial charge in [0.2, 0.25) is 0 Å². The van der Waals surface area contributed by atoms with Crippen molar-refractivity contribution in [3.05, 3.63) is 29.6 Å². The van der Waals surface area contributed by atoms with E-state index in [2.05, 4.69) is 4.98 Å². The second kappa shape index (κ2) is 3.17. The van der Waals surface area contributed by atoms with Gasteiger partial charge in [-0.1, -0.05) is 0 Å². The molecule has 0 unspecified atom stereocenters. The zero-order valence-corrected chi connectivity index (χ0v) is 7.66. The van der Waals surface area contributed by atoms with Crippen molar-refractivity contribution in [1.29, 1.82) is 0 Å². The summed E-state index contributed by atoms with van der Waals surface area (Å²) in [5.74, 6) is 0.136. The van der Waals surface area contributed by atoms with Gasteiger partial charge in [0.1, 0.15) is 0 Å². The SMILES string of the molecule is Cc1cc(C(=O)N2CCC2)ccn1. The quantitative estimate of drug-likeness (QED) is 0.645. The number of aryl methyl sites for hydroxylation is 1. The molecule has 2 rings (SSSR count). The fourth-order valence-corrected chi connectivity index (χ4v) is 1.38. The van der Waals surface area contributed by atoms with Crippen molar-refractivity contribution in [2.24, 2.45) is 0 Å². The van der Waals surface area contributed by atoms with Crippen LogP contribution in [-0.4, -0.2) is 28.9 Å². The van der Waals surface area contributed by atoms with Crippen LogP contribution in [0.15, 0.2) is 18.3 Å². The molecule has 3 heteroatoms. The van der Waals surface area contributed by atoms with Crippen LogP contribution >= 0.6 is 0 Å². The molecule has 1 fully saturated rings. The van der Waals surface area contributed by atoms with Crippen LogP contribution in [0, 0.1) is 6.92 Å². The van der Waals surface area contributed by atoms with E-state index in [0.29, 0.717) is 0 Å². The molecular weight excluding hydrogens is 164 g/mol. The fourth-order valence-electron chi connectivity index (χ4n) is 1.38. The van der Waals surface area contributed by atoms with Gasteiger partial charge in [0.25, 0.3) is 5.91 Å². The number of rotatable bonds is 1. The number of hydrogen-bond acceptors (Lipinski definition) is 2. The summed E-state index contributed by atoms with van der Waals surface area (Å²) < 4.78 is 0. The third kappa shape index (κ3) is 1.54. The van der Waals surface area contributed by atoms with Crippen molar-refractivity contribution in [1.82, 2.24) is 9.88 Å². The molecule has 0 atom stereocenters. The first-order valence-corrected chi connectivity index (χ1v) is 4.49. The van der Waals surface area contributed by atoms with Crippen LogP contribution in [-0.2, 0) is 0 Å². The van der Waals surface area contributed by atoms with Gasteiger partial charge in [-0.15, -0.1) is 0 Å². The van der Waals surface area contributed by atoms with Crippen LogP contribution in [0.4, 0.5) is 0 Å². The second-order valence-electron chi connectivity index (χ2n) is 3.33. The summed E-state index contributed by atoms with van der Waals surface area (Å²) in [6.45, 7) is 3.70. The number of nitrogens with zero attached hydrogens (tertiary/aromatic N) is 2. The average molecular weight is 176 g/mol. The Hall–Kier alpha value is -1.38. The standard InChI is InChI=1S/C10H12N2O/c1-8-7-9(3-4-11-8)10(13)12-5-2-6-12/h3-4,7H,2,5-6H2,1H3. The molecule has 0 aliphatic carbocycles. The van der Waals surface area contributed by atoms with Gasteiger partial charge in [-0.25, -0.2) is 0 Å². The summed E-state index contributed by atoms with van der Waals surface area (Å²) in [6, 6.07) is 3.61. The minimum atomic E-state index is 0.136. The Morgan fingerprint density at radius 1 is 1.54 bits per heavy atom. The molecule has 0 aromatic carbocycles. The number of aromatic nitrogens is 1. The van der Waals surface area contributed by atoms with Crippen molar-refractivity contribution in [3.63, 3.8) is 0 Å². The van der Waals surface area contributed by atoms with E-state index in [1.54, 1.807) is 12.3 Å². The van der Waals surface area contributed by atoms with Crippen molar-refractivity contribution in [3.8, 4) is 0 Å². The topological polar surface area (TPSA) is 33.2 Å². The number of carbonyl (C=O) groups is 1. The maximum Gasteiger partial charge on any atom is 0.253 e. The highest BCUT2D eigenvalue weighted by Gasteiger charge is 2.21. The molecule has 68 valence electrons. The van der Waals surface area contributed by atoms with Crippen LogP contribution < -0.4 is 0 Å². The van der Waals surface area contributed by atoms with E-state index < -0.39 is 0 Å². The van der Waals surface area contributed by atoms with Gasteiger partial charge in [0.05, 0.1) is 0 Å².